The van der Waals surface area contributed by atoms with E-state index in [4.69, 9.17) is 4.74 Å². The van der Waals surface area contributed by atoms with Crippen molar-refractivity contribution in [3.05, 3.63) is 35.3 Å². The fourth-order valence-electron chi connectivity index (χ4n) is 2.60. The molecule has 0 saturated carbocycles. The summed E-state index contributed by atoms with van der Waals surface area (Å²) in [5.41, 5.74) is 0.957. The van der Waals surface area contributed by atoms with Crippen molar-refractivity contribution in [2.45, 2.75) is 13.0 Å². The molecule has 1 aliphatic heterocycles. The SMILES string of the molecule is COc1cccc(-c2ncc(CNC(=O)[C@@H]3CCS(=O)(=O)C3)s2)c1. The summed E-state index contributed by atoms with van der Waals surface area (Å²) in [4.78, 5) is 17.4. The lowest BCUT2D eigenvalue weighted by molar-refractivity contribution is -0.124. The lowest BCUT2D eigenvalue weighted by Crippen LogP contribution is -2.30. The molecular formula is C16H18N2O4S2. The third-order valence-electron chi connectivity index (χ3n) is 3.91. The van der Waals surface area contributed by atoms with E-state index in [9.17, 15) is 13.2 Å². The standard InChI is InChI=1S/C16H18N2O4S2/c1-22-13-4-2-3-11(7-13)16-18-9-14(23-16)8-17-15(19)12-5-6-24(20,21)10-12/h2-4,7,9,12H,5-6,8,10H2,1H3,(H,17,19)/t12-/m1/s1. The molecule has 0 spiro atoms. The molecule has 0 unspecified atom stereocenters. The van der Waals surface area contributed by atoms with Crippen molar-refractivity contribution in [1.29, 1.82) is 0 Å². The van der Waals surface area contributed by atoms with Gasteiger partial charge in [0.1, 0.15) is 10.8 Å². The summed E-state index contributed by atoms with van der Waals surface area (Å²) in [5.74, 6) is 0.190. The Labute approximate surface area is 144 Å². The predicted molar refractivity (Wildman–Crippen MR) is 92.7 cm³/mol. The predicted octanol–water partition coefficient (Wildman–Crippen LogP) is 1.87. The normalized spacial score (nSPS) is 19.1. The van der Waals surface area contributed by atoms with E-state index in [-0.39, 0.29) is 17.4 Å². The molecule has 1 aromatic carbocycles. The zero-order valence-corrected chi connectivity index (χ0v) is 14.8. The topological polar surface area (TPSA) is 85.4 Å². The van der Waals surface area contributed by atoms with E-state index in [1.807, 2.05) is 24.3 Å². The van der Waals surface area contributed by atoms with Crippen LogP contribution in [0.2, 0.25) is 0 Å². The highest BCUT2D eigenvalue weighted by atomic mass is 32.2. The van der Waals surface area contributed by atoms with E-state index < -0.39 is 15.8 Å². The van der Waals surface area contributed by atoms with Gasteiger partial charge in [-0.3, -0.25) is 4.79 Å². The molecule has 0 radical (unpaired) electrons. The summed E-state index contributed by atoms with van der Waals surface area (Å²) in [6.45, 7) is 0.358. The number of benzene rings is 1. The van der Waals surface area contributed by atoms with Gasteiger partial charge in [-0.2, -0.15) is 0 Å². The quantitative estimate of drug-likeness (QED) is 0.873. The molecular weight excluding hydrogens is 348 g/mol. The number of nitrogens with one attached hydrogen (secondary N) is 1. The molecule has 2 aromatic rings. The first kappa shape index (κ1) is 16.9. The first-order valence-electron chi connectivity index (χ1n) is 7.54. The highest BCUT2D eigenvalue weighted by molar-refractivity contribution is 7.91. The Kier molecular flexibility index (Phi) is 4.86. The third-order valence-corrected chi connectivity index (χ3v) is 6.72. The fraction of sp³-hybridized carbons (Fsp3) is 0.375. The van der Waals surface area contributed by atoms with Gasteiger partial charge in [-0.05, 0) is 18.6 Å². The molecule has 128 valence electrons. The summed E-state index contributed by atoms with van der Waals surface area (Å²) >= 11 is 1.49. The van der Waals surface area contributed by atoms with Gasteiger partial charge in [-0.1, -0.05) is 12.1 Å². The van der Waals surface area contributed by atoms with Crippen molar-refractivity contribution in [3.63, 3.8) is 0 Å². The van der Waals surface area contributed by atoms with Crippen molar-refractivity contribution in [2.24, 2.45) is 5.92 Å². The first-order valence-corrected chi connectivity index (χ1v) is 10.2. The zero-order chi connectivity index (χ0) is 17.2. The van der Waals surface area contributed by atoms with Crippen LogP contribution in [0.25, 0.3) is 10.6 Å². The number of rotatable bonds is 5. The van der Waals surface area contributed by atoms with Crippen LogP contribution in [0.3, 0.4) is 0 Å². The zero-order valence-electron chi connectivity index (χ0n) is 13.2. The number of hydrogen-bond donors (Lipinski definition) is 1. The molecule has 6 nitrogen and oxygen atoms in total. The number of carbonyl (C=O) groups excluding carboxylic acids is 1. The molecule has 8 heteroatoms. The molecule has 1 atom stereocenters. The van der Waals surface area contributed by atoms with Crippen molar-refractivity contribution in [3.8, 4) is 16.3 Å². The molecule has 1 fully saturated rings. The second kappa shape index (κ2) is 6.90. The van der Waals surface area contributed by atoms with E-state index in [0.717, 1.165) is 21.2 Å². The number of sulfone groups is 1. The second-order valence-corrected chi connectivity index (χ2v) is 9.03. The number of aromatic nitrogens is 1. The van der Waals surface area contributed by atoms with E-state index >= 15 is 0 Å². The maximum atomic E-state index is 12.1. The second-order valence-electron chi connectivity index (χ2n) is 5.68. The number of methoxy groups -OCH3 is 1. The van der Waals surface area contributed by atoms with Gasteiger partial charge in [-0.15, -0.1) is 11.3 Å². The summed E-state index contributed by atoms with van der Waals surface area (Å²) in [6.07, 6.45) is 2.14. The minimum Gasteiger partial charge on any atom is -0.497 e. The Morgan fingerprint density at radius 2 is 2.29 bits per heavy atom. The van der Waals surface area contributed by atoms with E-state index in [1.54, 1.807) is 13.3 Å². The van der Waals surface area contributed by atoms with Crippen LogP contribution < -0.4 is 10.1 Å². The monoisotopic (exact) mass is 366 g/mol. The average Bonchev–Trinajstić information content (AvgIpc) is 3.19. The minimum absolute atomic E-state index is 0.0451. The largest absolute Gasteiger partial charge is 0.497 e. The van der Waals surface area contributed by atoms with Crippen molar-refractivity contribution in [1.82, 2.24) is 10.3 Å². The van der Waals surface area contributed by atoms with Crippen LogP contribution in [0, 0.1) is 5.92 Å². The Bertz CT molecular complexity index is 845. The highest BCUT2D eigenvalue weighted by Crippen LogP contribution is 2.28. The molecule has 24 heavy (non-hydrogen) atoms. The molecule has 1 N–H and O–H groups in total. The highest BCUT2D eigenvalue weighted by Gasteiger charge is 2.32. The van der Waals surface area contributed by atoms with Crippen molar-refractivity contribution >= 4 is 27.1 Å². The lowest BCUT2D eigenvalue weighted by atomic mass is 10.1. The minimum atomic E-state index is -3.04. The van der Waals surface area contributed by atoms with Gasteiger partial charge in [0.05, 0.1) is 31.1 Å². The molecule has 1 aliphatic rings. The van der Waals surface area contributed by atoms with Crippen molar-refractivity contribution in [2.75, 3.05) is 18.6 Å². The average molecular weight is 366 g/mol. The van der Waals surface area contributed by atoms with Gasteiger partial charge in [-0.25, -0.2) is 13.4 Å². The van der Waals surface area contributed by atoms with Gasteiger partial charge in [0.2, 0.25) is 5.91 Å². The number of nitrogens with zero attached hydrogens (tertiary/aromatic N) is 1. The van der Waals surface area contributed by atoms with E-state index in [1.165, 1.54) is 11.3 Å². The summed E-state index contributed by atoms with van der Waals surface area (Å²) in [5, 5.41) is 3.66. The molecule has 0 bridgehead atoms. The van der Waals surface area contributed by atoms with Crippen LogP contribution in [0.15, 0.2) is 30.5 Å². The number of amides is 1. The summed E-state index contributed by atoms with van der Waals surface area (Å²) < 4.78 is 28.1. The van der Waals surface area contributed by atoms with Crippen LogP contribution in [0.1, 0.15) is 11.3 Å². The van der Waals surface area contributed by atoms with E-state index in [2.05, 4.69) is 10.3 Å². The van der Waals surface area contributed by atoms with Crippen LogP contribution in [0.5, 0.6) is 5.75 Å². The van der Waals surface area contributed by atoms with Gasteiger partial charge >= 0.3 is 0 Å². The molecule has 0 aliphatic carbocycles. The Morgan fingerprint density at radius 1 is 1.46 bits per heavy atom. The van der Waals surface area contributed by atoms with Crippen molar-refractivity contribution < 1.29 is 17.9 Å². The Balaban J connectivity index is 1.61. The number of carbonyl (C=O) groups is 1. The maximum Gasteiger partial charge on any atom is 0.224 e. The summed E-state index contributed by atoms with van der Waals surface area (Å²) in [6, 6.07) is 7.63. The smallest absolute Gasteiger partial charge is 0.224 e. The van der Waals surface area contributed by atoms with Gasteiger partial charge in [0.25, 0.3) is 0 Å². The van der Waals surface area contributed by atoms with Gasteiger partial charge in [0.15, 0.2) is 9.84 Å². The molecule has 1 saturated heterocycles. The third kappa shape index (κ3) is 3.93. The fourth-order valence-corrected chi connectivity index (χ4v) is 5.19. The molecule has 3 rings (SSSR count). The number of hydrogen-bond acceptors (Lipinski definition) is 6. The first-order chi connectivity index (χ1) is 11.5. The van der Waals surface area contributed by atoms with Crippen LogP contribution in [-0.4, -0.2) is 37.9 Å². The molecule has 1 amide bonds. The molecule has 2 heterocycles. The summed E-state index contributed by atoms with van der Waals surface area (Å²) in [7, 11) is -1.43. The van der Waals surface area contributed by atoms with Gasteiger partial charge in [0, 0.05) is 16.6 Å². The molecule has 1 aromatic heterocycles. The van der Waals surface area contributed by atoms with Gasteiger partial charge < -0.3 is 10.1 Å². The number of thiazole rings is 1. The Morgan fingerprint density at radius 3 is 3.00 bits per heavy atom. The Hall–Kier alpha value is -1.93. The van der Waals surface area contributed by atoms with Crippen LogP contribution >= 0.6 is 11.3 Å². The van der Waals surface area contributed by atoms with Crippen LogP contribution in [0.4, 0.5) is 0 Å². The lowest BCUT2D eigenvalue weighted by Gasteiger charge is -2.07. The van der Waals surface area contributed by atoms with Crippen LogP contribution in [-0.2, 0) is 21.2 Å². The van der Waals surface area contributed by atoms with E-state index in [0.29, 0.717) is 13.0 Å². The maximum absolute atomic E-state index is 12.1. The number of ether oxygens (including phenoxy) is 1.